The van der Waals surface area contributed by atoms with Gasteiger partial charge in [0.2, 0.25) is 0 Å². The van der Waals surface area contributed by atoms with E-state index in [1.807, 2.05) is 30.3 Å². The molecule has 0 saturated heterocycles. The third-order valence-corrected chi connectivity index (χ3v) is 2.68. The SMILES string of the molecule is CC1(CCl)OC(=O)C=C(c2ccccc2)O1. The molecule has 0 spiro atoms. The quantitative estimate of drug-likeness (QED) is 0.587. The summed E-state index contributed by atoms with van der Waals surface area (Å²) in [7, 11) is 0. The van der Waals surface area contributed by atoms with Crippen LogP contribution in [0.1, 0.15) is 12.5 Å². The van der Waals surface area contributed by atoms with Crippen molar-refractivity contribution in [2.75, 3.05) is 5.88 Å². The van der Waals surface area contributed by atoms with Crippen LogP contribution in [0.25, 0.3) is 5.76 Å². The third kappa shape index (κ3) is 2.19. The van der Waals surface area contributed by atoms with Gasteiger partial charge in [-0.1, -0.05) is 30.3 Å². The van der Waals surface area contributed by atoms with Crippen LogP contribution >= 0.6 is 11.6 Å². The summed E-state index contributed by atoms with van der Waals surface area (Å²) in [5.74, 6) is -0.949. The highest BCUT2D eigenvalue weighted by molar-refractivity contribution is 6.18. The van der Waals surface area contributed by atoms with Gasteiger partial charge in [-0.15, -0.1) is 11.6 Å². The highest BCUT2D eigenvalue weighted by atomic mass is 35.5. The largest absolute Gasteiger partial charge is 0.450 e. The average molecular weight is 239 g/mol. The maximum Gasteiger partial charge on any atom is 0.337 e. The Bertz CT molecular complexity index is 427. The lowest BCUT2D eigenvalue weighted by molar-refractivity contribution is -0.192. The van der Waals surface area contributed by atoms with E-state index < -0.39 is 11.8 Å². The summed E-state index contributed by atoms with van der Waals surface area (Å²) in [6.45, 7) is 1.63. The smallest absolute Gasteiger partial charge is 0.337 e. The molecule has 1 unspecified atom stereocenters. The first-order chi connectivity index (χ1) is 7.63. The molecule has 1 aromatic carbocycles. The molecule has 84 valence electrons. The van der Waals surface area contributed by atoms with E-state index in [-0.39, 0.29) is 5.88 Å². The molecular weight excluding hydrogens is 228 g/mol. The molecule has 16 heavy (non-hydrogen) atoms. The number of alkyl halides is 1. The maximum atomic E-state index is 11.4. The molecule has 0 aliphatic carbocycles. The molecule has 2 rings (SSSR count). The standard InChI is InChI=1S/C12H11ClO3/c1-12(8-13)15-10(7-11(14)16-12)9-5-3-2-4-6-9/h2-7H,8H2,1H3. The second kappa shape index (κ2) is 4.18. The molecule has 1 heterocycles. The molecule has 0 N–H and O–H groups in total. The predicted octanol–water partition coefficient (Wildman–Crippen LogP) is 2.56. The van der Waals surface area contributed by atoms with Crippen LogP contribution in [0.15, 0.2) is 36.4 Å². The summed E-state index contributed by atoms with van der Waals surface area (Å²) >= 11 is 5.71. The Balaban J connectivity index is 2.33. The van der Waals surface area contributed by atoms with Crippen molar-refractivity contribution in [3.8, 4) is 0 Å². The van der Waals surface area contributed by atoms with Gasteiger partial charge >= 0.3 is 5.97 Å². The Morgan fingerprint density at radius 2 is 1.94 bits per heavy atom. The third-order valence-electron chi connectivity index (χ3n) is 2.19. The summed E-state index contributed by atoms with van der Waals surface area (Å²) in [6, 6.07) is 9.36. The number of halogens is 1. The fraction of sp³-hybridized carbons (Fsp3) is 0.250. The molecule has 0 bridgehead atoms. The van der Waals surface area contributed by atoms with Crippen molar-refractivity contribution in [1.82, 2.24) is 0 Å². The average Bonchev–Trinajstić information content (AvgIpc) is 2.29. The first-order valence-electron chi connectivity index (χ1n) is 4.88. The Labute approximate surface area is 98.6 Å². The molecule has 1 aliphatic heterocycles. The van der Waals surface area contributed by atoms with E-state index >= 15 is 0 Å². The van der Waals surface area contributed by atoms with Gasteiger partial charge in [-0.2, -0.15) is 0 Å². The predicted molar refractivity (Wildman–Crippen MR) is 60.7 cm³/mol. The van der Waals surface area contributed by atoms with E-state index in [4.69, 9.17) is 21.1 Å². The van der Waals surface area contributed by atoms with Crippen molar-refractivity contribution >= 4 is 23.3 Å². The minimum Gasteiger partial charge on any atom is -0.450 e. The number of carbonyl (C=O) groups excluding carboxylic acids is 1. The van der Waals surface area contributed by atoms with Gasteiger partial charge in [-0.3, -0.25) is 0 Å². The number of cyclic esters (lactones) is 1. The summed E-state index contributed by atoms with van der Waals surface area (Å²) in [5, 5.41) is 0. The van der Waals surface area contributed by atoms with E-state index in [0.717, 1.165) is 5.56 Å². The fourth-order valence-electron chi connectivity index (χ4n) is 1.43. The second-order valence-corrected chi connectivity index (χ2v) is 3.93. The minimum atomic E-state index is -1.08. The number of hydrogen-bond donors (Lipinski definition) is 0. The van der Waals surface area contributed by atoms with Crippen LogP contribution < -0.4 is 0 Å². The minimum absolute atomic E-state index is 0.0862. The molecule has 1 aromatic rings. The molecule has 0 saturated carbocycles. The number of ether oxygens (including phenoxy) is 2. The number of rotatable bonds is 2. The van der Waals surface area contributed by atoms with Crippen molar-refractivity contribution in [2.45, 2.75) is 12.7 Å². The molecule has 0 radical (unpaired) electrons. The van der Waals surface area contributed by atoms with Gasteiger partial charge in [0.25, 0.3) is 5.79 Å². The summed E-state index contributed by atoms with van der Waals surface area (Å²) < 4.78 is 10.6. The van der Waals surface area contributed by atoms with E-state index in [1.165, 1.54) is 6.08 Å². The summed E-state index contributed by atoms with van der Waals surface area (Å²) in [4.78, 5) is 11.4. The van der Waals surface area contributed by atoms with Crippen LogP contribution in [0.5, 0.6) is 0 Å². The number of hydrogen-bond acceptors (Lipinski definition) is 3. The molecule has 0 amide bonds. The zero-order valence-electron chi connectivity index (χ0n) is 8.77. The Kier molecular flexibility index (Phi) is 2.88. The zero-order valence-corrected chi connectivity index (χ0v) is 9.53. The van der Waals surface area contributed by atoms with Gasteiger partial charge < -0.3 is 9.47 Å². The highest BCUT2D eigenvalue weighted by Crippen LogP contribution is 2.29. The van der Waals surface area contributed by atoms with E-state index in [2.05, 4.69) is 0 Å². The topological polar surface area (TPSA) is 35.5 Å². The van der Waals surface area contributed by atoms with Crippen molar-refractivity contribution in [1.29, 1.82) is 0 Å². The molecule has 1 aliphatic rings. The van der Waals surface area contributed by atoms with Gasteiger partial charge in [0.05, 0.1) is 12.0 Å². The fourth-order valence-corrected chi connectivity index (χ4v) is 1.54. The number of benzene rings is 1. The second-order valence-electron chi connectivity index (χ2n) is 3.67. The Morgan fingerprint density at radius 1 is 1.25 bits per heavy atom. The van der Waals surface area contributed by atoms with Crippen molar-refractivity contribution in [2.24, 2.45) is 0 Å². The van der Waals surface area contributed by atoms with Crippen LogP contribution in [0.2, 0.25) is 0 Å². The molecule has 1 atom stereocenters. The molecule has 0 fully saturated rings. The monoisotopic (exact) mass is 238 g/mol. The Morgan fingerprint density at radius 3 is 2.56 bits per heavy atom. The molecule has 0 aromatic heterocycles. The van der Waals surface area contributed by atoms with Crippen molar-refractivity contribution in [3.63, 3.8) is 0 Å². The van der Waals surface area contributed by atoms with Crippen LogP contribution in [0.4, 0.5) is 0 Å². The number of esters is 1. The Hall–Kier alpha value is -1.48. The number of carbonyl (C=O) groups is 1. The summed E-state index contributed by atoms with van der Waals surface area (Å²) in [6.07, 6.45) is 1.32. The summed E-state index contributed by atoms with van der Waals surface area (Å²) in [5.41, 5.74) is 0.829. The van der Waals surface area contributed by atoms with E-state index in [1.54, 1.807) is 6.92 Å². The van der Waals surface area contributed by atoms with E-state index in [0.29, 0.717) is 5.76 Å². The zero-order chi connectivity index (χ0) is 11.6. The van der Waals surface area contributed by atoms with Crippen LogP contribution in [-0.4, -0.2) is 17.6 Å². The van der Waals surface area contributed by atoms with Gasteiger partial charge in [0, 0.05) is 12.5 Å². The molecule has 4 heteroatoms. The van der Waals surface area contributed by atoms with Crippen LogP contribution in [0.3, 0.4) is 0 Å². The van der Waals surface area contributed by atoms with Crippen LogP contribution in [0, 0.1) is 0 Å². The van der Waals surface area contributed by atoms with Gasteiger partial charge in [-0.05, 0) is 0 Å². The van der Waals surface area contributed by atoms with Gasteiger partial charge in [0.1, 0.15) is 5.76 Å². The first-order valence-corrected chi connectivity index (χ1v) is 5.41. The lowest BCUT2D eigenvalue weighted by Gasteiger charge is -2.32. The van der Waals surface area contributed by atoms with Crippen molar-refractivity contribution < 1.29 is 14.3 Å². The lowest BCUT2D eigenvalue weighted by Crippen LogP contribution is -2.38. The van der Waals surface area contributed by atoms with Crippen molar-refractivity contribution in [3.05, 3.63) is 42.0 Å². The normalized spacial score (nSPS) is 24.4. The molecular formula is C12H11ClO3. The highest BCUT2D eigenvalue weighted by Gasteiger charge is 2.34. The van der Waals surface area contributed by atoms with Gasteiger partial charge in [-0.25, -0.2) is 4.79 Å². The van der Waals surface area contributed by atoms with E-state index in [9.17, 15) is 4.79 Å². The maximum absolute atomic E-state index is 11.4. The first kappa shape index (κ1) is 11.0. The lowest BCUT2D eigenvalue weighted by atomic mass is 10.1. The molecule has 3 nitrogen and oxygen atoms in total. The van der Waals surface area contributed by atoms with Gasteiger partial charge in [0.15, 0.2) is 0 Å². The van der Waals surface area contributed by atoms with Crippen LogP contribution in [-0.2, 0) is 14.3 Å².